The van der Waals surface area contributed by atoms with Gasteiger partial charge in [0.05, 0.1) is 13.2 Å². The average Bonchev–Trinajstić information content (AvgIpc) is 2.21. The van der Waals surface area contributed by atoms with Gasteiger partial charge in [-0.05, 0) is 20.3 Å². The van der Waals surface area contributed by atoms with Gasteiger partial charge in [0, 0.05) is 13.2 Å². The van der Waals surface area contributed by atoms with Gasteiger partial charge in [0.25, 0.3) is 0 Å². The standard InChI is InChI=1S/C10H21NO3/c1-4-10(7-11,8-13-5-2)9(12)14-6-3/h4-8,11H2,1-3H3. The highest BCUT2D eigenvalue weighted by Crippen LogP contribution is 2.23. The Balaban J connectivity index is 4.42. The number of esters is 1. The maximum absolute atomic E-state index is 11.7. The fourth-order valence-electron chi connectivity index (χ4n) is 1.17. The molecule has 0 bridgehead atoms. The second kappa shape index (κ2) is 6.79. The first-order valence-electron chi connectivity index (χ1n) is 5.11. The lowest BCUT2D eigenvalue weighted by atomic mass is 9.86. The number of carbonyl (C=O) groups is 1. The number of ether oxygens (including phenoxy) is 2. The number of hydrogen-bond acceptors (Lipinski definition) is 4. The maximum atomic E-state index is 11.7. The Labute approximate surface area is 85.8 Å². The Hall–Kier alpha value is -0.610. The van der Waals surface area contributed by atoms with E-state index in [1.165, 1.54) is 0 Å². The summed E-state index contributed by atoms with van der Waals surface area (Å²) in [5.41, 5.74) is 4.95. The van der Waals surface area contributed by atoms with Crippen LogP contribution >= 0.6 is 0 Å². The molecule has 0 aromatic heterocycles. The van der Waals surface area contributed by atoms with Gasteiger partial charge >= 0.3 is 5.97 Å². The zero-order valence-electron chi connectivity index (χ0n) is 9.34. The van der Waals surface area contributed by atoms with E-state index in [0.717, 1.165) is 0 Å². The highest BCUT2D eigenvalue weighted by atomic mass is 16.5. The molecule has 0 aliphatic heterocycles. The molecule has 0 saturated carbocycles. The predicted octanol–water partition coefficient (Wildman–Crippen LogP) is 0.941. The van der Waals surface area contributed by atoms with Crippen molar-refractivity contribution in [3.05, 3.63) is 0 Å². The molecule has 0 saturated heterocycles. The number of rotatable bonds is 7. The Morgan fingerprint density at radius 2 is 1.93 bits per heavy atom. The van der Waals surface area contributed by atoms with Gasteiger partial charge in [-0.2, -0.15) is 0 Å². The normalized spacial score (nSPS) is 14.9. The first-order valence-corrected chi connectivity index (χ1v) is 5.11. The second-order valence-corrected chi connectivity index (χ2v) is 3.20. The van der Waals surface area contributed by atoms with E-state index in [2.05, 4.69) is 0 Å². The van der Waals surface area contributed by atoms with Crippen molar-refractivity contribution in [2.45, 2.75) is 27.2 Å². The molecule has 1 atom stereocenters. The molecule has 4 heteroatoms. The summed E-state index contributed by atoms with van der Waals surface area (Å²) in [4.78, 5) is 11.7. The molecular formula is C10H21NO3. The SMILES string of the molecule is CCOCC(CC)(CN)C(=O)OCC. The van der Waals surface area contributed by atoms with Crippen molar-refractivity contribution in [1.29, 1.82) is 0 Å². The lowest BCUT2D eigenvalue weighted by Crippen LogP contribution is -2.43. The highest BCUT2D eigenvalue weighted by Gasteiger charge is 2.37. The molecular weight excluding hydrogens is 182 g/mol. The maximum Gasteiger partial charge on any atom is 0.315 e. The zero-order chi connectivity index (χ0) is 11.0. The summed E-state index contributed by atoms with van der Waals surface area (Å²) in [6, 6.07) is 0. The van der Waals surface area contributed by atoms with Crippen LogP contribution in [-0.4, -0.2) is 32.3 Å². The predicted molar refractivity (Wildman–Crippen MR) is 54.9 cm³/mol. The van der Waals surface area contributed by atoms with E-state index in [1.807, 2.05) is 13.8 Å². The Morgan fingerprint density at radius 3 is 2.29 bits per heavy atom. The third kappa shape index (κ3) is 3.27. The minimum Gasteiger partial charge on any atom is -0.465 e. The van der Waals surface area contributed by atoms with E-state index in [-0.39, 0.29) is 12.5 Å². The zero-order valence-corrected chi connectivity index (χ0v) is 9.34. The van der Waals surface area contributed by atoms with Gasteiger partial charge in [0.1, 0.15) is 5.41 Å². The molecule has 0 aromatic rings. The van der Waals surface area contributed by atoms with Crippen LogP contribution in [-0.2, 0) is 14.3 Å². The van der Waals surface area contributed by atoms with Gasteiger partial charge in [0.2, 0.25) is 0 Å². The molecule has 0 aliphatic rings. The van der Waals surface area contributed by atoms with Gasteiger partial charge in [-0.25, -0.2) is 0 Å². The van der Waals surface area contributed by atoms with Gasteiger partial charge in [-0.1, -0.05) is 6.92 Å². The van der Waals surface area contributed by atoms with Gasteiger partial charge in [0.15, 0.2) is 0 Å². The molecule has 0 amide bonds. The van der Waals surface area contributed by atoms with Gasteiger partial charge in [-0.3, -0.25) is 4.79 Å². The highest BCUT2D eigenvalue weighted by molar-refractivity contribution is 5.77. The van der Waals surface area contributed by atoms with Crippen molar-refractivity contribution in [2.24, 2.45) is 11.1 Å². The quantitative estimate of drug-likeness (QED) is 0.625. The van der Waals surface area contributed by atoms with E-state index in [4.69, 9.17) is 15.2 Å². The summed E-state index contributed by atoms with van der Waals surface area (Å²) in [5.74, 6) is -0.251. The second-order valence-electron chi connectivity index (χ2n) is 3.20. The molecule has 0 aromatic carbocycles. The van der Waals surface area contributed by atoms with E-state index < -0.39 is 5.41 Å². The lowest BCUT2D eigenvalue weighted by molar-refractivity contribution is -0.159. The summed E-state index contributed by atoms with van der Waals surface area (Å²) in [6.45, 7) is 7.17. The van der Waals surface area contributed by atoms with Crippen LogP contribution in [0.3, 0.4) is 0 Å². The Kier molecular flexibility index (Phi) is 6.49. The first-order chi connectivity index (χ1) is 6.66. The minimum absolute atomic E-state index is 0.251. The lowest BCUT2D eigenvalue weighted by Gasteiger charge is -2.28. The van der Waals surface area contributed by atoms with E-state index >= 15 is 0 Å². The summed E-state index contributed by atoms with van der Waals surface area (Å²) >= 11 is 0. The molecule has 0 radical (unpaired) electrons. The van der Waals surface area contributed by atoms with Crippen LogP contribution in [0.2, 0.25) is 0 Å². The van der Waals surface area contributed by atoms with Crippen molar-refractivity contribution in [3.63, 3.8) is 0 Å². The number of hydrogen-bond donors (Lipinski definition) is 1. The van der Waals surface area contributed by atoms with E-state index in [9.17, 15) is 4.79 Å². The van der Waals surface area contributed by atoms with Crippen molar-refractivity contribution < 1.29 is 14.3 Å². The van der Waals surface area contributed by atoms with Gasteiger partial charge < -0.3 is 15.2 Å². The van der Waals surface area contributed by atoms with Crippen molar-refractivity contribution in [3.8, 4) is 0 Å². The van der Waals surface area contributed by atoms with E-state index in [0.29, 0.717) is 26.2 Å². The molecule has 1 unspecified atom stereocenters. The third-order valence-electron chi connectivity index (χ3n) is 2.36. The average molecular weight is 203 g/mol. The number of nitrogens with two attached hydrogens (primary N) is 1. The Bertz CT molecular complexity index is 167. The molecule has 4 nitrogen and oxygen atoms in total. The molecule has 84 valence electrons. The molecule has 0 heterocycles. The van der Waals surface area contributed by atoms with Crippen LogP contribution in [0, 0.1) is 5.41 Å². The molecule has 0 fully saturated rings. The van der Waals surface area contributed by atoms with E-state index in [1.54, 1.807) is 6.92 Å². The van der Waals surface area contributed by atoms with Crippen molar-refractivity contribution >= 4 is 5.97 Å². The third-order valence-corrected chi connectivity index (χ3v) is 2.36. The molecule has 2 N–H and O–H groups in total. The van der Waals surface area contributed by atoms with Gasteiger partial charge in [-0.15, -0.1) is 0 Å². The smallest absolute Gasteiger partial charge is 0.315 e. The first kappa shape index (κ1) is 13.4. The van der Waals surface area contributed by atoms with Crippen LogP contribution in [0.1, 0.15) is 27.2 Å². The van der Waals surface area contributed by atoms with Crippen LogP contribution in [0.5, 0.6) is 0 Å². The Morgan fingerprint density at radius 1 is 1.29 bits per heavy atom. The van der Waals surface area contributed by atoms with Crippen molar-refractivity contribution in [1.82, 2.24) is 0 Å². The summed E-state index contributed by atoms with van der Waals surface area (Å²) in [7, 11) is 0. The molecule has 0 aliphatic carbocycles. The minimum atomic E-state index is -0.661. The van der Waals surface area contributed by atoms with Crippen LogP contribution in [0.15, 0.2) is 0 Å². The number of carbonyl (C=O) groups excluding carboxylic acids is 1. The fraction of sp³-hybridized carbons (Fsp3) is 0.900. The summed E-state index contributed by atoms with van der Waals surface area (Å²) in [5, 5.41) is 0. The summed E-state index contributed by atoms with van der Waals surface area (Å²) in [6.07, 6.45) is 0.641. The monoisotopic (exact) mass is 203 g/mol. The van der Waals surface area contributed by atoms with Crippen LogP contribution in [0.4, 0.5) is 0 Å². The fourth-order valence-corrected chi connectivity index (χ4v) is 1.17. The molecule has 0 rings (SSSR count). The van der Waals surface area contributed by atoms with Crippen molar-refractivity contribution in [2.75, 3.05) is 26.4 Å². The van der Waals surface area contributed by atoms with Crippen LogP contribution in [0.25, 0.3) is 0 Å². The van der Waals surface area contributed by atoms with Crippen LogP contribution < -0.4 is 5.73 Å². The summed E-state index contributed by atoms with van der Waals surface area (Å²) < 4.78 is 10.3. The largest absolute Gasteiger partial charge is 0.465 e. The molecule has 0 spiro atoms. The molecule has 14 heavy (non-hydrogen) atoms. The topological polar surface area (TPSA) is 61.5 Å².